The van der Waals surface area contributed by atoms with Crippen LogP contribution in [0.15, 0.2) is 12.3 Å². The molecule has 0 fully saturated rings. The van der Waals surface area contributed by atoms with E-state index in [1.54, 1.807) is 0 Å². The van der Waals surface area contributed by atoms with Gasteiger partial charge in [0, 0.05) is 17.6 Å². The number of hydrogen-bond acceptors (Lipinski definition) is 4. The number of carbonyl (C=O) groups is 1. The Bertz CT molecular complexity index is 415. The molecule has 7 heteroatoms. The van der Waals surface area contributed by atoms with Gasteiger partial charge in [-0.1, -0.05) is 0 Å². The zero-order valence-electron chi connectivity index (χ0n) is 8.68. The number of hydrogen-bond donors (Lipinski definition) is 3. The Morgan fingerprint density at radius 3 is 2.71 bits per heavy atom. The van der Waals surface area contributed by atoms with Crippen molar-refractivity contribution in [1.29, 1.82) is 0 Å². The number of pyridine rings is 1. The van der Waals surface area contributed by atoms with Crippen LogP contribution in [-0.4, -0.2) is 38.3 Å². The highest BCUT2D eigenvalue weighted by Crippen LogP contribution is 2.20. The van der Waals surface area contributed by atoms with Crippen molar-refractivity contribution < 1.29 is 24.5 Å². The molecular formula is C10H11ClFNO4. The monoisotopic (exact) mass is 263 g/mol. The summed E-state index contributed by atoms with van der Waals surface area (Å²) in [5, 5.41) is 27.8. The maximum Gasteiger partial charge on any atom is 0.340 e. The van der Waals surface area contributed by atoms with Gasteiger partial charge < -0.3 is 15.3 Å². The van der Waals surface area contributed by atoms with Gasteiger partial charge in [-0.15, -0.1) is 11.6 Å². The minimum Gasteiger partial charge on any atom is -0.478 e. The summed E-state index contributed by atoms with van der Waals surface area (Å²) in [7, 11) is 0. The second-order valence-electron chi connectivity index (χ2n) is 3.40. The van der Waals surface area contributed by atoms with Gasteiger partial charge in [0.15, 0.2) is 0 Å². The second-order valence-corrected chi connectivity index (χ2v) is 3.78. The molecule has 1 aromatic rings. The second kappa shape index (κ2) is 5.90. The number of nitrogens with zero attached hydrogens (tertiary/aromatic N) is 1. The lowest BCUT2D eigenvalue weighted by Gasteiger charge is -2.17. The van der Waals surface area contributed by atoms with Crippen molar-refractivity contribution >= 4 is 17.6 Å². The molecule has 0 aliphatic carbocycles. The number of aromatic nitrogens is 1. The highest BCUT2D eigenvalue weighted by molar-refractivity contribution is 6.17. The lowest BCUT2D eigenvalue weighted by atomic mass is 10.0. The zero-order valence-corrected chi connectivity index (χ0v) is 9.43. The van der Waals surface area contributed by atoms with Crippen LogP contribution >= 0.6 is 11.6 Å². The van der Waals surface area contributed by atoms with Gasteiger partial charge in [0.2, 0.25) is 5.95 Å². The number of halogens is 2. The Hall–Kier alpha value is -1.24. The molecule has 94 valence electrons. The lowest BCUT2D eigenvalue weighted by molar-refractivity contribution is 0.0166. The normalized spacial score (nSPS) is 14.4. The topological polar surface area (TPSA) is 90.7 Å². The average molecular weight is 264 g/mol. The first kappa shape index (κ1) is 13.8. The largest absolute Gasteiger partial charge is 0.478 e. The molecule has 2 atom stereocenters. The van der Waals surface area contributed by atoms with E-state index in [0.717, 1.165) is 12.3 Å². The van der Waals surface area contributed by atoms with Gasteiger partial charge in [-0.2, -0.15) is 4.39 Å². The summed E-state index contributed by atoms with van der Waals surface area (Å²) in [6, 6.07) is 0.937. The SMILES string of the molecule is O=C(O)c1cc(C(O)C(O)CCCl)cnc1F. The minimum absolute atomic E-state index is 0.0291. The van der Waals surface area contributed by atoms with Crippen molar-refractivity contribution in [3.63, 3.8) is 0 Å². The Balaban J connectivity index is 2.99. The van der Waals surface area contributed by atoms with Crippen LogP contribution < -0.4 is 0 Å². The van der Waals surface area contributed by atoms with Crippen molar-refractivity contribution in [2.24, 2.45) is 0 Å². The van der Waals surface area contributed by atoms with Crippen LogP contribution in [0.25, 0.3) is 0 Å². The van der Waals surface area contributed by atoms with Crippen LogP contribution in [0.2, 0.25) is 0 Å². The van der Waals surface area contributed by atoms with Crippen molar-refractivity contribution in [2.45, 2.75) is 18.6 Å². The first-order valence-corrected chi connectivity index (χ1v) is 5.31. The molecule has 0 saturated carbocycles. The van der Waals surface area contributed by atoms with Crippen LogP contribution in [0.3, 0.4) is 0 Å². The van der Waals surface area contributed by atoms with Crippen LogP contribution in [0, 0.1) is 5.95 Å². The molecule has 3 N–H and O–H groups in total. The Morgan fingerprint density at radius 2 is 2.18 bits per heavy atom. The fraction of sp³-hybridized carbons (Fsp3) is 0.400. The predicted octanol–water partition coefficient (Wildman–Crippen LogP) is 0.942. The van der Waals surface area contributed by atoms with Crippen LogP contribution in [-0.2, 0) is 0 Å². The van der Waals surface area contributed by atoms with E-state index in [-0.39, 0.29) is 17.9 Å². The number of aromatic carboxylic acids is 1. The fourth-order valence-electron chi connectivity index (χ4n) is 1.27. The van der Waals surface area contributed by atoms with E-state index >= 15 is 0 Å². The number of alkyl halides is 1. The molecule has 1 heterocycles. The van der Waals surface area contributed by atoms with Gasteiger partial charge in [-0.25, -0.2) is 9.78 Å². The average Bonchev–Trinajstić information content (AvgIpc) is 2.28. The quantitative estimate of drug-likeness (QED) is 0.543. The summed E-state index contributed by atoms with van der Waals surface area (Å²) < 4.78 is 13.0. The van der Waals surface area contributed by atoms with E-state index in [0.29, 0.717) is 0 Å². The summed E-state index contributed by atoms with van der Waals surface area (Å²) in [5.41, 5.74) is -0.624. The predicted molar refractivity (Wildman–Crippen MR) is 57.5 cm³/mol. The Kier molecular flexibility index (Phi) is 4.80. The summed E-state index contributed by atoms with van der Waals surface area (Å²) in [6.07, 6.45) is -1.40. The zero-order chi connectivity index (χ0) is 13.0. The summed E-state index contributed by atoms with van der Waals surface area (Å²) in [5.74, 6) is -2.49. The smallest absolute Gasteiger partial charge is 0.340 e. The fourth-order valence-corrected chi connectivity index (χ4v) is 1.49. The lowest BCUT2D eigenvalue weighted by Crippen LogP contribution is -2.19. The molecule has 0 saturated heterocycles. The molecule has 1 rings (SSSR count). The molecule has 0 spiro atoms. The van der Waals surface area contributed by atoms with E-state index in [1.165, 1.54) is 0 Å². The Labute approximate surface area is 101 Å². The molecular weight excluding hydrogens is 253 g/mol. The van der Waals surface area contributed by atoms with Crippen molar-refractivity contribution in [3.05, 3.63) is 29.3 Å². The summed E-state index contributed by atoms with van der Waals surface area (Å²) >= 11 is 5.39. The summed E-state index contributed by atoms with van der Waals surface area (Å²) in [4.78, 5) is 13.9. The number of aliphatic hydroxyl groups is 2. The molecule has 5 nitrogen and oxygen atoms in total. The standard InChI is InChI=1S/C10H11ClFNO4/c11-2-1-7(14)8(15)5-3-6(10(16)17)9(12)13-4-5/h3-4,7-8,14-15H,1-2H2,(H,16,17). The van der Waals surface area contributed by atoms with Gasteiger partial charge in [0.1, 0.15) is 11.7 Å². The maximum absolute atomic E-state index is 13.0. The van der Waals surface area contributed by atoms with Gasteiger partial charge >= 0.3 is 5.97 Å². The van der Waals surface area contributed by atoms with Crippen molar-refractivity contribution in [1.82, 2.24) is 4.98 Å². The summed E-state index contributed by atoms with van der Waals surface area (Å²) in [6.45, 7) is 0. The highest BCUT2D eigenvalue weighted by Gasteiger charge is 2.21. The molecule has 0 aromatic carbocycles. The van der Waals surface area contributed by atoms with Crippen LogP contribution in [0.1, 0.15) is 28.4 Å². The van der Waals surface area contributed by atoms with Crippen LogP contribution in [0.4, 0.5) is 4.39 Å². The third kappa shape index (κ3) is 3.36. The van der Waals surface area contributed by atoms with Gasteiger partial charge in [-0.05, 0) is 12.5 Å². The number of aliphatic hydroxyl groups excluding tert-OH is 2. The molecule has 0 aliphatic heterocycles. The molecule has 1 aromatic heterocycles. The number of carboxylic acid groups (broad SMARTS) is 1. The van der Waals surface area contributed by atoms with E-state index in [2.05, 4.69) is 4.98 Å². The Morgan fingerprint density at radius 1 is 1.53 bits per heavy atom. The molecule has 17 heavy (non-hydrogen) atoms. The highest BCUT2D eigenvalue weighted by atomic mass is 35.5. The molecule has 0 radical (unpaired) electrons. The van der Waals surface area contributed by atoms with Gasteiger partial charge in [0.05, 0.1) is 6.10 Å². The van der Waals surface area contributed by atoms with E-state index in [1.807, 2.05) is 0 Å². The number of rotatable bonds is 5. The first-order chi connectivity index (χ1) is 7.97. The third-order valence-corrected chi connectivity index (χ3v) is 2.42. The van der Waals surface area contributed by atoms with Crippen molar-refractivity contribution in [3.8, 4) is 0 Å². The maximum atomic E-state index is 13.0. The number of carboxylic acids is 1. The molecule has 2 unspecified atom stereocenters. The minimum atomic E-state index is -1.49. The van der Waals surface area contributed by atoms with E-state index in [4.69, 9.17) is 16.7 Å². The third-order valence-electron chi connectivity index (χ3n) is 2.20. The van der Waals surface area contributed by atoms with Gasteiger partial charge in [-0.3, -0.25) is 0 Å². The van der Waals surface area contributed by atoms with Crippen LogP contribution in [0.5, 0.6) is 0 Å². The van der Waals surface area contributed by atoms with Crippen molar-refractivity contribution in [2.75, 3.05) is 5.88 Å². The molecule has 0 amide bonds. The van der Waals surface area contributed by atoms with E-state index < -0.39 is 29.7 Å². The van der Waals surface area contributed by atoms with E-state index in [9.17, 15) is 19.4 Å². The molecule has 0 bridgehead atoms. The first-order valence-electron chi connectivity index (χ1n) is 4.78. The molecule has 0 aliphatic rings. The van der Waals surface area contributed by atoms with Gasteiger partial charge in [0.25, 0.3) is 0 Å².